The van der Waals surface area contributed by atoms with Crippen LogP contribution < -0.4 is 10.2 Å². The molecule has 0 saturated carbocycles. The summed E-state index contributed by atoms with van der Waals surface area (Å²) in [4.78, 5) is 5.07. The zero-order valence-corrected chi connectivity index (χ0v) is 15.0. The summed E-state index contributed by atoms with van der Waals surface area (Å²) >= 11 is 0. The number of benzene rings is 2. The van der Waals surface area contributed by atoms with Gasteiger partial charge in [0.25, 0.3) is 0 Å². The third-order valence-electron chi connectivity index (χ3n) is 5.79. The first-order valence-corrected chi connectivity index (χ1v) is 9.65. The number of hydrogen-bond acceptors (Lipinski definition) is 4. The molecule has 2 aliphatic heterocycles. The first kappa shape index (κ1) is 15.8. The Kier molecular flexibility index (Phi) is 4.06. The largest absolute Gasteiger partial charge is 0.462 e. The van der Waals surface area contributed by atoms with Crippen LogP contribution in [0.1, 0.15) is 12.0 Å². The van der Waals surface area contributed by atoms with Crippen LogP contribution in [0.15, 0.2) is 59.2 Å². The van der Waals surface area contributed by atoms with Crippen molar-refractivity contribution in [2.75, 3.05) is 42.9 Å². The van der Waals surface area contributed by atoms with E-state index in [2.05, 4.69) is 57.6 Å². The standard InChI is InChI=1S/C22H25N3O/c1-2-6-20-17(4-1)8-9-19(23-20)16-24-11-13-25(14-12-24)21-7-3-5-18-10-15-26-22(18)21/h1-7,10,15,19,23H,8-9,11-14,16H2. The van der Waals surface area contributed by atoms with E-state index < -0.39 is 0 Å². The van der Waals surface area contributed by atoms with Crippen LogP contribution in [0.2, 0.25) is 0 Å². The highest BCUT2D eigenvalue weighted by atomic mass is 16.3. The fourth-order valence-corrected chi connectivity index (χ4v) is 4.35. The average Bonchev–Trinajstić information content (AvgIpc) is 3.17. The topological polar surface area (TPSA) is 31.6 Å². The molecule has 1 fully saturated rings. The Bertz CT molecular complexity index is 895. The third kappa shape index (κ3) is 2.95. The molecule has 1 aromatic heterocycles. The minimum absolute atomic E-state index is 0.560. The molecule has 1 unspecified atom stereocenters. The van der Waals surface area contributed by atoms with E-state index in [0.717, 1.165) is 38.3 Å². The lowest BCUT2D eigenvalue weighted by Gasteiger charge is -2.38. The molecule has 0 aliphatic carbocycles. The summed E-state index contributed by atoms with van der Waals surface area (Å²) in [5.74, 6) is 0. The molecule has 1 saturated heterocycles. The summed E-state index contributed by atoms with van der Waals surface area (Å²) in [6.07, 6.45) is 4.20. The molecular formula is C22H25N3O. The first-order chi connectivity index (χ1) is 12.9. The lowest BCUT2D eigenvalue weighted by Crippen LogP contribution is -2.50. The number of hydrogen-bond donors (Lipinski definition) is 1. The summed E-state index contributed by atoms with van der Waals surface area (Å²) in [5, 5.41) is 4.93. The van der Waals surface area contributed by atoms with E-state index in [1.165, 1.54) is 35.2 Å². The molecule has 3 aromatic rings. The van der Waals surface area contributed by atoms with Gasteiger partial charge >= 0.3 is 0 Å². The van der Waals surface area contributed by atoms with Gasteiger partial charge in [-0.25, -0.2) is 0 Å². The molecule has 0 amide bonds. The Morgan fingerprint density at radius 2 is 1.85 bits per heavy atom. The van der Waals surface area contributed by atoms with Crippen molar-refractivity contribution < 1.29 is 4.42 Å². The molecule has 134 valence electrons. The molecule has 1 atom stereocenters. The molecule has 4 heteroatoms. The van der Waals surface area contributed by atoms with Crippen molar-refractivity contribution in [3.63, 3.8) is 0 Å². The average molecular weight is 347 g/mol. The van der Waals surface area contributed by atoms with Gasteiger partial charge in [-0.05, 0) is 36.6 Å². The number of nitrogens with one attached hydrogen (secondary N) is 1. The van der Waals surface area contributed by atoms with Gasteiger partial charge in [-0.1, -0.05) is 30.3 Å². The second-order valence-corrected chi connectivity index (χ2v) is 7.44. The molecule has 26 heavy (non-hydrogen) atoms. The van der Waals surface area contributed by atoms with Crippen LogP contribution in [0.3, 0.4) is 0 Å². The molecule has 5 rings (SSSR count). The third-order valence-corrected chi connectivity index (χ3v) is 5.79. The normalized spacial score (nSPS) is 20.8. The van der Waals surface area contributed by atoms with Crippen LogP contribution >= 0.6 is 0 Å². The van der Waals surface area contributed by atoms with Crippen molar-refractivity contribution in [2.45, 2.75) is 18.9 Å². The summed E-state index contributed by atoms with van der Waals surface area (Å²) < 4.78 is 5.72. The van der Waals surface area contributed by atoms with Crippen molar-refractivity contribution in [2.24, 2.45) is 0 Å². The van der Waals surface area contributed by atoms with Crippen LogP contribution in [0, 0.1) is 0 Å². The molecule has 0 spiro atoms. The number of piperazine rings is 1. The number of furan rings is 1. The monoisotopic (exact) mass is 347 g/mol. The minimum atomic E-state index is 0.560. The van der Waals surface area contributed by atoms with Gasteiger partial charge in [0.1, 0.15) is 0 Å². The van der Waals surface area contributed by atoms with Gasteiger partial charge in [-0.15, -0.1) is 0 Å². The Hall–Kier alpha value is -2.46. The van der Waals surface area contributed by atoms with Gasteiger partial charge in [0.15, 0.2) is 5.58 Å². The van der Waals surface area contributed by atoms with Crippen molar-refractivity contribution in [3.8, 4) is 0 Å². The number of para-hydroxylation sites is 2. The second kappa shape index (κ2) is 6.69. The highest BCUT2D eigenvalue weighted by Crippen LogP contribution is 2.29. The highest BCUT2D eigenvalue weighted by molar-refractivity contribution is 5.89. The Morgan fingerprint density at radius 1 is 0.962 bits per heavy atom. The lowest BCUT2D eigenvalue weighted by molar-refractivity contribution is 0.243. The number of rotatable bonds is 3. The van der Waals surface area contributed by atoms with Crippen LogP contribution in [0.25, 0.3) is 11.0 Å². The Balaban J connectivity index is 1.21. The van der Waals surface area contributed by atoms with Gasteiger partial charge in [-0.2, -0.15) is 0 Å². The summed E-state index contributed by atoms with van der Waals surface area (Å²) in [5.41, 5.74) is 5.04. The summed E-state index contributed by atoms with van der Waals surface area (Å²) in [6, 6.07) is 17.7. The molecule has 0 radical (unpaired) electrons. The lowest BCUT2D eigenvalue weighted by atomic mass is 9.97. The first-order valence-electron chi connectivity index (χ1n) is 9.65. The van der Waals surface area contributed by atoms with Crippen molar-refractivity contribution in [3.05, 3.63) is 60.4 Å². The van der Waals surface area contributed by atoms with E-state index in [1.54, 1.807) is 6.26 Å². The van der Waals surface area contributed by atoms with Gasteiger partial charge in [0.05, 0.1) is 12.0 Å². The van der Waals surface area contributed by atoms with E-state index in [-0.39, 0.29) is 0 Å². The molecule has 3 heterocycles. The molecule has 4 nitrogen and oxygen atoms in total. The van der Waals surface area contributed by atoms with E-state index in [4.69, 9.17) is 4.42 Å². The van der Waals surface area contributed by atoms with Gasteiger partial charge < -0.3 is 14.6 Å². The van der Waals surface area contributed by atoms with E-state index in [0.29, 0.717) is 6.04 Å². The van der Waals surface area contributed by atoms with Gasteiger partial charge in [0.2, 0.25) is 0 Å². The summed E-state index contributed by atoms with van der Waals surface area (Å²) in [7, 11) is 0. The Labute approximate surface area is 154 Å². The van der Waals surface area contributed by atoms with Crippen LogP contribution in [0.5, 0.6) is 0 Å². The molecular weight excluding hydrogens is 322 g/mol. The summed E-state index contributed by atoms with van der Waals surface area (Å²) in [6.45, 7) is 5.47. The highest BCUT2D eigenvalue weighted by Gasteiger charge is 2.24. The Morgan fingerprint density at radius 3 is 2.77 bits per heavy atom. The zero-order valence-electron chi connectivity index (χ0n) is 15.0. The van der Waals surface area contributed by atoms with E-state index in [1.807, 2.05) is 6.07 Å². The number of aryl methyl sites for hydroxylation is 1. The fourth-order valence-electron chi connectivity index (χ4n) is 4.35. The van der Waals surface area contributed by atoms with Crippen LogP contribution in [-0.2, 0) is 6.42 Å². The zero-order chi connectivity index (χ0) is 17.3. The van der Waals surface area contributed by atoms with Crippen LogP contribution in [-0.4, -0.2) is 43.7 Å². The fraction of sp³-hybridized carbons (Fsp3) is 0.364. The molecule has 0 bridgehead atoms. The number of fused-ring (bicyclic) bond motifs is 2. The van der Waals surface area contributed by atoms with Gasteiger partial charge in [0, 0.05) is 49.8 Å². The molecule has 2 aromatic carbocycles. The number of anilines is 2. The smallest absolute Gasteiger partial charge is 0.157 e. The van der Waals surface area contributed by atoms with Crippen molar-refractivity contribution >= 4 is 22.3 Å². The maximum atomic E-state index is 5.72. The second-order valence-electron chi connectivity index (χ2n) is 7.44. The predicted octanol–water partition coefficient (Wildman–Crippen LogP) is 3.98. The maximum Gasteiger partial charge on any atom is 0.157 e. The minimum Gasteiger partial charge on any atom is -0.462 e. The van der Waals surface area contributed by atoms with Crippen LogP contribution in [0.4, 0.5) is 11.4 Å². The maximum absolute atomic E-state index is 5.72. The van der Waals surface area contributed by atoms with Crippen molar-refractivity contribution in [1.29, 1.82) is 0 Å². The quantitative estimate of drug-likeness (QED) is 0.776. The number of nitrogens with zero attached hydrogens (tertiary/aromatic N) is 2. The molecule has 2 aliphatic rings. The SMILES string of the molecule is c1ccc2c(c1)CCC(CN1CCN(c3cccc4ccoc34)CC1)N2. The molecule has 1 N–H and O–H groups in total. The van der Waals surface area contributed by atoms with Gasteiger partial charge in [-0.3, -0.25) is 4.90 Å². The van der Waals surface area contributed by atoms with E-state index >= 15 is 0 Å². The van der Waals surface area contributed by atoms with Crippen molar-refractivity contribution in [1.82, 2.24) is 4.90 Å². The predicted molar refractivity (Wildman–Crippen MR) is 107 cm³/mol. The van der Waals surface area contributed by atoms with E-state index in [9.17, 15) is 0 Å².